The quantitative estimate of drug-likeness (QED) is 0.330. The molecule has 1 saturated carbocycles. The Labute approximate surface area is 241 Å². The van der Waals surface area contributed by atoms with Crippen LogP contribution in [0.4, 0.5) is 0 Å². The van der Waals surface area contributed by atoms with Crippen LogP contribution < -0.4 is 5.32 Å². The first-order valence-electron chi connectivity index (χ1n) is 14.7. The monoisotopic (exact) mass is 573 g/mol. The molecule has 3 aliphatic rings. The Bertz CT molecular complexity index is 1030. The Kier molecular flexibility index (Phi) is 11.5. The zero-order chi connectivity index (χ0) is 29.2. The number of carboxylic acids is 1. The normalized spacial score (nSPS) is 25.3. The molecule has 226 valence electrons. The number of aromatic nitrogens is 1. The number of amides is 3. The van der Waals surface area contributed by atoms with E-state index in [9.17, 15) is 24.3 Å². The number of pyridine rings is 1. The fourth-order valence-corrected chi connectivity index (χ4v) is 6.15. The van der Waals surface area contributed by atoms with Gasteiger partial charge in [-0.2, -0.15) is 0 Å². The summed E-state index contributed by atoms with van der Waals surface area (Å²) in [7, 11) is 1.71. The standard InChI is InChI=1S/C29H43N5O7/c1-32-26(36)19-24(27(32)22-3-2-9-30-20-22)28(37)31-10-16-41-18-17-40-15-8-25(35)34-13-11-33(12-14-34)23-6-4-21(5-7-23)29(38)39/h2-3,9,20-21,23-24,27H,4-8,10-19H2,1H3,(H,31,37)(H,38,39)/t21-,23-,24-,27+/m0/s1. The summed E-state index contributed by atoms with van der Waals surface area (Å²) in [6, 6.07) is 3.77. The van der Waals surface area contributed by atoms with Crippen molar-refractivity contribution in [2.45, 2.75) is 50.6 Å². The van der Waals surface area contributed by atoms with Gasteiger partial charge in [0.1, 0.15) is 0 Å². The van der Waals surface area contributed by atoms with E-state index in [2.05, 4.69) is 15.2 Å². The van der Waals surface area contributed by atoms with E-state index < -0.39 is 11.9 Å². The summed E-state index contributed by atoms with van der Waals surface area (Å²) >= 11 is 0. The van der Waals surface area contributed by atoms with Crippen molar-refractivity contribution in [3.05, 3.63) is 30.1 Å². The first kappa shape index (κ1) is 30.9. The van der Waals surface area contributed by atoms with Gasteiger partial charge >= 0.3 is 5.97 Å². The first-order chi connectivity index (χ1) is 19.8. The summed E-state index contributed by atoms with van der Waals surface area (Å²) in [6.07, 6.45) is 7.15. The lowest BCUT2D eigenvalue weighted by Crippen LogP contribution is -2.52. The minimum Gasteiger partial charge on any atom is -0.481 e. The van der Waals surface area contributed by atoms with E-state index in [-0.39, 0.29) is 36.1 Å². The van der Waals surface area contributed by atoms with Crippen LogP contribution in [0.15, 0.2) is 24.5 Å². The predicted molar refractivity (Wildman–Crippen MR) is 149 cm³/mol. The minimum absolute atomic E-state index is 0.0650. The molecule has 0 aromatic carbocycles. The fraction of sp³-hybridized carbons (Fsp3) is 0.690. The highest BCUT2D eigenvalue weighted by atomic mass is 16.5. The Morgan fingerprint density at radius 1 is 1.02 bits per heavy atom. The molecule has 12 nitrogen and oxygen atoms in total. The molecule has 2 aliphatic heterocycles. The van der Waals surface area contributed by atoms with Crippen molar-refractivity contribution in [2.75, 3.05) is 66.2 Å². The summed E-state index contributed by atoms with van der Waals surface area (Å²) < 4.78 is 11.1. The van der Waals surface area contributed by atoms with Crippen molar-refractivity contribution < 1.29 is 33.8 Å². The van der Waals surface area contributed by atoms with Gasteiger partial charge in [-0.1, -0.05) is 6.07 Å². The van der Waals surface area contributed by atoms with E-state index in [1.54, 1.807) is 30.4 Å². The highest BCUT2D eigenvalue weighted by Crippen LogP contribution is 2.36. The molecule has 41 heavy (non-hydrogen) atoms. The van der Waals surface area contributed by atoms with Gasteiger partial charge < -0.3 is 29.7 Å². The third kappa shape index (κ3) is 8.46. The molecule has 0 radical (unpaired) electrons. The van der Waals surface area contributed by atoms with Gasteiger partial charge in [0.2, 0.25) is 17.7 Å². The summed E-state index contributed by atoms with van der Waals surface area (Å²) in [5, 5.41) is 12.1. The Morgan fingerprint density at radius 2 is 1.73 bits per heavy atom. The summed E-state index contributed by atoms with van der Waals surface area (Å²) in [4.78, 5) is 58.8. The predicted octanol–water partition coefficient (Wildman–Crippen LogP) is 0.928. The van der Waals surface area contributed by atoms with Crippen LogP contribution in [-0.2, 0) is 28.7 Å². The molecule has 0 spiro atoms. The van der Waals surface area contributed by atoms with Crippen molar-refractivity contribution in [3.63, 3.8) is 0 Å². The average molecular weight is 574 g/mol. The van der Waals surface area contributed by atoms with Crippen LogP contribution >= 0.6 is 0 Å². The molecule has 3 fully saturated rings. The molecule has 2 N–H and O–H groups in total. The number of hydrogen-bond donors (Lipinski definition) is 2. The molecule has 2 saturated heterocycles. The van der Waals surface area contributed by atoms with Gasteiger partial charge in [-0.15, -0.1) is 0 Å². The van der Waals surface area contributed by atoms with Crippen molar-refractivity contribution in [1.82, 2.24) is 25.0 Å². The van der Waals surface area contributed by atoms with Gasteiger partial charge in [0.05, 0.1) is 50.7 Å². The maximum atomic E-state index is 12.8. The average Bonchev–Trinajstić information content (AvgIpc) is 3.30. The van der Waals surface area contributed by atoms with Crippen LogP contribution in [0.3, 0.4) is 0 Å². The van der Waals surface area contributed by atoms with Crippen molar-refractivity contribution in [3.8, 4) is 0 Å². The summed E-state index contributed by atoms with van der Waals surface area (Å²) in [5.41, 5.74) is 0.840. The van der Waals surface area contributed by atoms with Gasteiger partial charge in [-0.25, -0.2) is 0 Å². The SMILES string of the molecule is CN1C(=O)C[C@H](C(=O)NCCOCCOCCC(=O)N2CCN([C@H]3CC[C@H](C(=O)O)CC3)CC2)[C@H]1c1cccnc1. The van der Waals surface area contributed by atoms with E-state index in [0.717, 1.165) is 44.3 Å². The lowest BCUT2D eigenvalue weighted by Gasteiger charge is -2.41. The number of carboxylic acid groups (broad SMARTS) is 1. The van der Waals surface area contributed by atoms with Crippen molar-refractivity contribution in [1.29, 1.82) is 0 Å². The smallest absolute Gasteiger partial charge is 0.306 e. The minimum atomic E-state index is -0.681. The Morgan fingerprint density at radius 3 is 2.39 bits per heavy atom. The number of aliphatic carboxylic acids is 1. The molecule has 0 bridgehead atoms. The number of carbonyl (C=O) groups excluding carboxylic acids is 3. The molecule has 1 aromatic rings. The third-order valence-electron chi connectivity index (χ3n) is 8.56. The third-order valence-corrected chi connectivity index (χ3v) is 8.56. The number of ether oxygens (including phenoxy) is 2. The second-order valence-electron chi connectivity index (χ2n) is 11.1. The molecular formula is C29H43N5O7. The Balaban J connectivity index is 1.02. The largest absolute Gasteiger partial charge is 0.481 e. The lowest BCUT2D eigenvalue weighted by atomic mass is 9.85. The second kappa shape index (κ2) is 15.2. The van der Waals surface area contributed by atoms with Crippen LogP contribution in [-0.4, -0.2) is 121 Å². The van der Waals surface area contributed by atoms with Gasteiger partial charge in [0, 0.05) is 64.6 Å². The van der Waals surface area contributed by atoms with E-state index in [1.165, 1.54) is 0 Å². The van der Waals surface area contributed by atoms with Crippen LogP contribution in [0.5, 0.6) is 0 Å². The van der Waals surface area contributed by atoms with Crippen LogP contribution in [0, 0.1) is 11.8 Å². The maximum absolute atomic E-state index is 12.8. The van der Waals surface area contributed by atoms with Crippen molar-refractivity contribution >= 4 is 23.7 Å². The molecule has 2 atom stereocenters. The number of carbonyl (C=O) groups is 4. The number of piperazine rings is 1. The summed E-state index contributed by atoms with van der Waals surface area (Å²) in [6.45, 7) is 4.76. The highest BCUT2D eigenvalue weighted by molar-refractivity contribution is 5.90. The van der Waals surface area contributed by atoms with Crippen LogP contribution in [0.2, 0.25) is 0 Å². The van der Waals surface area contributed by atoms with Crippen LogP contribution in [0.1, 0.15) is 50.1 Å². The van der Waals surface area contributed by atoms with E-state index in [4.69, 9.17) is 9.47 Å². The number of likely N-dealkylation sites (tertiary alicyclic amines) is 1. The van der Waals surface area contributed by atoms with Gasteiger partial charge in [-0.3, -0.25) is 29.1 Å². The van der Waals surface area contributed by atoms with Crippen LogP contribution in [0.25, 0.3) is 0 Å². The molecular weight excluding hydrogens is 530 g/mol. The molecule has 1 aromatic heterocycles. The molecule has 12 heteroatoms. The van der Waals surface area contributed by atoms with E-state index in [0.29, 0.717) is 58.5 Å². The summed E-state index contributed by atoms with van der Waals surface area (Å²) in [5.74, 6) is -1.52. The number of rotatable bonds is 13. The second-order valence-corrected chi connectivity index (χ2v) is 11.1. The molecule has 3 amide bonds. The molecule has 0 unspecified atom stereocenters. The number of nitrogens with one attached hydrogen (secondary N) is 1. The van der Waals surface area contributed by atoms with E-state index >= 15 is 0 Å². The Hall–Kier alpha value is -3.09. The van der Waals surface area contributed by atoms with Gasteiger partial charge in [-0.05, 0) is 37.3 Å². The number of hydrogen-bond acceptors (Lipinski definition) is 8. The highest BCUT2D eigenvalue weighted by Gasteiger charge is 2.42. The topological polar surface area (TPSA) is 142 Å². The van der Waals surface area contributed by atoms with Crippen molar-refractivity contribution in [2.24, 2.45) is 11.8 Å². The fourth-order valence-electron chi connectivity index (χ4n) is 6.15. The van der Waals surface area contributed by atoms with E-state index in [1.807, 2.05) is 11.0 Å². The molecule has 3 heterocycles. The molecule has 1 aliphatic carbocycles. The zero-order valence-electron chi connectivity index (χ0n) is 23.9. The maximum Gasteiger partial charge on any atom is 0.306 e. The van der Waals surface area contributed by atoms with Gasteiger partial charge in [0.15, 0.2) is 0 Å². The van der Waals surface area contributed by atoms with Gasteiger partial charge in [0.25, 0.3) is 0 Å². The zero-order valence-corrected chi connectivity index (χ0v) is 23.9. The molecule has 4 rings (SSSR count). The lowest BCUT2D eigenvalue weighted by molar-refractivity contribution is -0.143. The number of nitrogens with zero attached hydrogens (tertiary/aromatic N) is 4. The first-order valence-corrected chi connectivity index (χ1v) is 14.7.